The van der Waals surface area contributed by atoms with Crippen molar-refractivity contribution >= 4 is 22.4 Å². The second kappa shape index (κ2) is 8.08. The maximum atomic E-state index is 13.5. The minimum atomic E-state index is -0.485. The largest absolute Gasteiger partial charge is 0.496 e. The Balaban J connectivity index is 1.46. The van der Waals surface area contributed by atoms with E-state index in [2.05, 4.69) is 27.3 Å². The van der Waals surface area contributed by atoms with Gasteiger partial charge in [0, 0.05) is 30.9 Å². The van der Waals surface area contributed by atoms with Crippen molar-refractivity contribution < 1.29 is 13.9 Å². The van der Waals surface area contributed by atoms with E-state index in [0.29, 0.717) is 10.9 Å². The van der Waals surface area contributed by atoms with Crippen LogP contribution in [0.25, 0.3) is 0 Å². The molecule has 0 spiro atoms. The maximum absolute atomic E-state index is 13.5. The van der Waals surface area contributed by atoms with Crippen LogP contribution < -0.4 is 10.1 Å². The molecule has 0 saturated carbocycles. The maximum Gasteiger partial charge on any atom is 0.261 e. The minimum Gasteiger partial charge on any atom is -0.496 e. The lowest BCUT2D eigenvalue weighted by Gasteiger charge is -2.25. The molecule has 0 bridgehead atoms. The molecular weight excluding hydrogens is 377 g/mol. The average Bonchev–Trinajstić information content (AvgIpc) is 3.10. The molecule has 1 aromatic heterocycles. The van der Waals surface area contributed by atoms with Crippen molar-refractivity contribution in [2.24, 2.45) is 0 Å². The number of nitrogens with one attached hydrogen (secondary N) is 1. The zero-order valence-electron chi connectivity index (χ0n) is 15.4. The molecule has 0 radical (unpaired) electrons. The van der Waals surface area contributed by atoms with Crippen molar-refractivity contribution in [1.82, 2.24) is 9.88 Å². The number of hydrogen-bond donors (Lipinski definition) is 1. The number of benzene rings is 2. The smallest absolute Gasteiger partial charge is 0.261 e. The number of aromatic nitrogens is 1. The number of amides is 1. The Morgan fingerprint density at radius 1 is 1.29 bits per heavy atom. The Morgan fingerprint density at radius 2 is 2.11 bits per heavy atom. The highest BCUT2D eigenvalue weighted by molar-refractivity contribution is 7.15. The van der Waals surface area contributed by atoms with Crippen molar-refractivity contribution in [3.8, 4) is 5.75 Å². The van der Waals surface area contributed by atoms with E-state index in [9.17, 15) is 9.18 Å². The van der Waals surface area contributed by atoms with Crippen LogP contribution in [0.15, 0.2) is 48.5 Å². The number of thiazole rings is 1. The third-order valence-corrected chi connectivity index (χ3v) is 5.68. The van der Waals surface area contributed by atoms with Gasteiger partial charge in [0.15, 0.2) is 5.13 Å². The fourth-order valence-corrected chi connectivity index (χ4v) is 4.35. The molecule has 2 aromatic carbocycles. The molecule has 5 nitrogen and oxygen atoms in total. The van der Waals surface area contributed by atoms with E-state index >= 15 is 0 Å². The Labute approximate surface area is 166 Å². The quantitative estimate of drug-likeness (QED) is 0.704. The van der Waals surface area contributed by atoms with Gasteiger partial charge >= 0.3 is 0 Å². The molecule has 0 atom stereocenters. The molecule has 0 unspecified atom stereocenters. The van der Waals surface area contributed by atoms with Crippen molar-refractivity contribution in [3.63, 3.8) is 0 Å². The first-order chi connectivity index (χ1) is 13.6. The van der Waals surface area contributed by atoms with Crippen molar-refractivity contribution in [2.75, 3.05) is 19.0 Å². The van der Waals surface area contributed by atoms with E-state index in [1.165, 1.54) is 42.2 Å². The first kappa shape index (κ1) is 18.6. The summed E-state index contributed by atoms with van der Waals surface area (Å²) in [4.78, 5) is 20.7. The van der Waals surface area contributed by atoms with Crippen molar-refractivity contribution in [1.29, 1.82) is 0 Å². The topological polar surface area (TPSA) is 54.5 Å². The summed E-state index contributed by atoms with van der Waals surface area (Å²) in [6.07, 6.45) is 0.845. The summed E-state index contributed by atoms with van der Waals surface area (Å²) in [5, 5.41) is 3.32. The highest BCUT2D eigenvalue weighted by Crippen LogP contribution is 2.30. The molecule has 4 rings (SSSR count). The molecule has 7 heteroatoms. The molecule has 1 aliphatic heterocycles. The van der Waals surface area contributed by atoms with Gasteiger partial charge in [-0.25, -0.2) is 9.37 Å². The summed E-state index contributed by atoms with van der Waals surface area (Å²) < 4.78 is 18.7. The van der Waals surface area contributed by atoms with Gasteiger partial charge in [0.25, 0.3) is 5.91 Å². The van der Waals surface area contributed by atoms with Gasteiger partial charge in [-0.15, -0.1) is 11.3 Å². The van der Waals surface area contributed by atoms with Crippen LogP contribution in [0.3, 0.4) is 0 Å². The lowest BCUT2D eigenvalue weighted by Crippen LogP contribution is -2.29. The summed E-state index contributed by atoms with van der Waals surface area (Å²) in [6, 6.07) is 14.2. The Hall–Kier alpha value is -2.77. The third kappa shape index (κ3) is 4.05. The number of ether oxygens (including phenoxy) is 1. The highest BCUT2D eigenvalue weighted by atomic mass is 32.1. The molecule has 0 saturated heterocycles. The van der Waals surface area contributed by atoms with Gasteiger partial charge in [-0.05, 0) is 23.8 Å². The normalized spacial score (nSPS) is 13.8. The van der Waals surface area contributed by atoms with E-state index in [-0.39, 0.29) is 5.56 Å². The van der Waals surface area contributed by atoms with Crippen LogP contribution in [0.2, 0.25) is 0 Å². The zero-order valence-corrected chi connectivity index (χ0v) is 16.3. The molecular formula is C21H20FN3O2S. The molecule has 0 fully saturated rings. The fourth-order valence-electron chi connectivity index (χ4n) is 3.30. The average molecular weight is 397 g/mol. The number of rotatable bonds is 5. The van der Waals surface area contributed by atoms with Crippen LogP contribution in [0.1, 0.15) is 26.5 Å². The lowest BCUT2D eigenvalue weighted by molar-refractivity contribution is 0.102. The summed E-state index contributed by atoms with van der Waals surface area (Å²) in [6.45, 7) is 2.62. The fraction of sp³-hybridized carbons (Fsp3) is 0.238. The van der Waals surface area contributed by atoms with E-state index in [1.54, 1.807) is 0 Å². The van der Waals surface area contributed by atoms with Gasteiger partial charge in [0.2, 0.25) is 0 Å². The zero-order chi connectivity index (χ0) is 19.5. The molecule has 1 aliphatic rings. The third-order valence-electron chi connectivity index (χ3n) is 4.69. The highest BCUT2D eigenvalue weighted by Gasteiger charge is 2.22. The summed E-state index contributed by atoms with van der Waals surface area (Å²) in [5.41, 5.74) is 2.46. The summed E-state index contributed by atoms with van der Waals surface area (Å²) in [7, 11) is 1.45. The van der Waals surface area contributed by atoms with Gasteiger partial charge in [0.1, 0.15) is 11.6 Å². The van der Waals surface area contributed by atoms with Crippen LogP contribution in [0.4, 0.5) is 9.52 Å². The number of anilines is 1. The van der Waals surface area contributed by atoms with Crippen molar-refractivity contribution in [3.05, 3.63) is 76.0 Å². The molecule has 0 aliphatic carbocycles. The van der Waals surface area contributed by atoms with Gasteiger partial charge in [0.05, 0.1) is 18.4 Å². The number of carbonyl (C=O) groups is 1. The first-order valence-electron chi connectivity index (χ1n) is 9.02. The molecule has 2 heterocycles. The predicted molar refractivity (Wildman–Crippen MR) is 107 cm³/mol. The Morgan fingerprint density at radius 3 is 2.89 bits per heavy atom. The number of methoxy groups -OCH3 is 1. The van der Waals surface area contributed by atoms with Crippen molar-refractivity contribution in [2.45, 2.75) is 19.5 Å². The second-order valence-corrected chi connectivity index (χ2v) is 7.72. The standard InChI is InChI=1S/C21H20FN3O2S/c1-27-18-8-7-15(22)11-16(18)20(26)24-21-23-17-9-10-25(13-19(17)28-21)12-14-5-3-2-4-6-14/h2-8,11H,9-10,12-13H2,1H3,(H,23,24,26). The van der Waals surface area contributed by atoms with Crippen LogP contribution in [0.5, 0.6) is 5.75 Å². The molecule has 28 heavy (non-hydrogen) atoms. The number of nitrogens with zero attached hydrogens (tertiary/aromatic N) is 2. The number of halogens is 1. The van der Waals surface area contributed by atoms with Gasteiger partial charge in [-0.1, -0.05) is 30.3 Å². The molecule has 1 N–H and O–H groups in total. The van der Waals surface area contributed by atoms with E-state index in [4.69, 9.17) is 4.74 Å². The Kier molecular flexibility index (Phi) is 5.36. The van der Waals surface area contributed by atoms with Crippen LogP contribution in [0, 0.1) is 5.82 Å². The van der Waals surface area contributed by atoms with E-state index in [0.717, 1.165) is 36.6 Å². The summed E-state index contributed by atoms with van der Waals surface area (Å²) in [5.74, 6) is -0.584. The SMILES string of the molecule is COc1ccc(F)cc1C(=O)Nc1nc2c(s1)CN(Cc1ccccc1)CC2. The van der Waals surface area contributed by atoms with Crippen LogP contribution in [-0.4, -0.2) is 29.4 Å². The number of hydrogen-bond acceptors (Lipinski definition) is 5. The minimum absolute atomic E-state index is 0.154. The first-order valence-corrected chi connectivity index (χ1v) is 9.84. The molecule has 3 aromatic rings. The number of fused-ring (bicyclic) bond motifs is 1. The summed E-state index contributed by atoms with van der Waals surface area (Å²) >= 11 is 1.47. The molecule has 1 amide bonds. The van der Waals surface area contributed by atoms with Gasteiger partial charge in [-0.2, -0.15) is 0 Å². The lowest BCUT2D eigenvalue weighted by atomic mass is 10.1. The number of carbonyl (C=O) groups excluding carboxylic acids is 1. The second-order valence-electron chi connectivity index (χ2n) is 6.63. The van der Waals surface area contributed by atoms with Gasteiger partial charge < -0.3 is 4.74 Å². The monoisotopic (exact) mass is 397 g/mol. The Bertz CT molecular complexity index is 991. The van der Waals surface area contributed by atoms with Crippen LogP contribution in [-0.2, 0) is 19.5 Å². The molecule has 144 valence electrons. The van der Waals surface area contributed by atoms with Crippen LogP contribution >= 0.6 is 11.3 Å². The van der Waals surface area contributed by atoms with E-state index < -0.39 is 11.7 Å². The van der Waals surface area contributed by atoms with Gasteiger partial charge in [-0.3, -0.25) is 15.0 Å². The predicted octanol–water partition coefficient (Wildman–Crippen LogP) is 4.10. The van der Waals surface area contributed by atoms with E-state index in [1.807, 2.05) is 18.2 Å².